The van der Waals surface area contributed by atoms with E-state index in [1.54, 1.807) is 0 Å². The zero-order valence-electron chi connectivity index (χ0n) is 6.00. The van der Waals surface area contributed by atoms with Gasteiger partial charge in [-0.1, -0.05) is 0 Å². The predicted molar refractivity (Wildman–Crippen MR) is 42.4 cm³/mol. The van der Waals surface area contributed by atoms with Crippen LogP contribution < -0.4 is 5.73 Å². The van der Waals surface area contributed by atoms with Gasteiger partial charge in [0.05, 0.1) is 0 Å². The summed E-state index contributed by atoms with van der Waals surface area (Å²) in [6, 6.07) is 0. The molecule has 0 spiro atoms. The molecule has 0 amide bonds. The zero-order chi connectivity index (χ0) is 7.84. The molecule has 0 saturated heterocycles. The maximum Gasteiger partial charge on any atom is 0.221 e. The topological polar surface area (TPSA) is 56.7 Å². The van der Waals surface area contributed by atoms with Gasteiger partial charge in [0, 0.05) is 18.3 Å². The van der Waals surface area contributed by atoms with Crippen LogP contribution in [0.1, 0.15) is 12.2 Å². The molecule has 4 nitrogen and oxygen atoms in total. The molecule has 60 valence electrons. The summed E-state index contributed by atoms with van der Waals surface area (Å²) >= 11 is 5.93. The number of nitrogen functional groups attached to an aromatic ring is 1. The van der Waals surface area contributed by atoms with Gasteiger partial charge < -0.3 is 5.73 Å². The third-order valence-electron chi connectivity index (χ3n) is 1.93. The number of rotatable bonds is 0. The van der Waals surface area contributed by atoms with Crippen LogP contribution in [0.15, 0.2) is 0 Å². The van der Waals surface area contributed by atoms with Crippen LogP contribution in [0.4, 0.5) is 5.95 Å². The van der Waals surface area contributed by atoms with Gasteiger partial charge in [-0.05, 0) is 6.42 Å². The Morgan fingerprint density at radius 3 is 3.18 bits per heavy atom. The standard InChI is InChI=1S/C6H9ClN4/c7-4-1-2-11-5(3-4)9-10-6(11)8/h4H,1-3H2,(H2,8,10). The summed E-state index contributed by atoms with van der Waals surface area (Å²) in [4.78, 5) is 0. The highest BCUT2D eigenvalue weighted by Gasteiger charge is 2.19. The lowest BCUT2D eigenvalue weighted by Crippen LogP contribution is -2.20. The number of nitrogens with zero attached hydrogens (tertiary/aromatic N) is 3. The molecule has 2 heterocycles. The third-order valence-corrected chi connectivity index (χ3v) is 2.30. The van der Waals surface area contributed by atoms with Crippen LogP contribution in [0.3, 0.4) is 0 Å². The van der Waals surface area contributed by atoms with Crippen LogP contribution in [0.5, 0.6) is 0 Å². The number of alkyl halides is 1. The molecule has 0 saturated carbocycles. The second-order valence-corrected chi connectivity index (χ2v) is 3.33. The van der Waals surface area contributed by atoms with Gasteiger partial charge in [-0.2, -0.15) is 0 Å². The van der Waals surface area contributed by atoms with Crippen molar-refractivity contribution in [2.75, 3.05) is 5.73 Å². The molecule has 0 bridgehead atoms. The van der Waals surface area contributed by atoms with E-state index >= 15 is 0 Å². The van der Waals surface area contributed by atoms with Gasteiger partial charge in [0.15, 0.2) is 0 Å². The lowest BCUT2D eigenvalue weighted by molar-refractivity contribution is 0.533. The zero-order valence-corrected chi connectivity index (χ0v) is 6.75. The van der Waals surface area contributed by atoms with Gasteiger partial charge in [0.25, 0.3) is 0 Å². The van der Waals surface area contributed by atoms with Gasteiger partial charge >= 0.3 is 0 Å². The molecule has 0 aromatic carbocycles. The molecular weight excluding hydrogens is 164 g/mol. The van der Waals surface area contributed by atoms with E-state index < -0.39 is 0 Å². The van der Waals surface area contributed by atoms with E-state index in [1.165, 1.54) is 0 Å². The first-order chi connectivity index (χ1) is 5.27. The molecule has 1 aliphatic heterocycles. The highest BCUT2D eigenvalue weighted by molar-refractivity contribution is 6.20. The minimum absolute atomic E-state index is 0.200. The van der Waals surface area contributed by atoms with Crippen molar-refractivity contribution in [3.05, 3.63) is 5.82 Å². The normalized spacial score (nSPS) is 23.2. The first kappa shape index (κ1) is 6.91. The molecule has 0 fully saturated rings. The molecule has 1 aromatic rings. The minimum atomic E-state index is 0.200. The van der Waals surface area contributed by atoms with Crippen molar-refractivity contribution in [2.45, 2.75) is 24.8 Å². The van der Waals surface area contributed by atoms with E-state index in [1.807, 2.05) is 4.57 Å². The Labute approximate surface area is 69.4 Å². The number of fused-ring (bicyclic) bond motifs is 1. The van der Waals surface area contributed by atoms with E-state index in [0.29, 0.717) is 5.95 Å². The predicted octanol–water partition coefficient (Wildman–Crippen LogP) is 0.414. The number of halogens is 1. The highest BCUT2D eigenvalue weighted by Crippen LogP contribution is 2.19. The van der Waals surface area contributed by atoms with E-state index in [4.69, 9.17) is 17.3 Å². The molecule has 5 heteroatoms. The minimum Gasteiger partial charge on any atom is -0.368 e. The van der Waals surface area contributed by atoms with Crippen molar-refractivity contribution >= 4 is 17.5 Å². The van der Waals surface area contributed by atoms with Crippen molar-refractivity contribution in [1.29, 1.82) is 0 Å². The van der Waals surface area contributed by atoms with Gasteiger partial charge in [-0.3, -0.25) is 4.57 Å². The van der Waals surface area contributed by atoms with Gasteiger partial charge in [-0.25, -0.2) is 0 Å². The number of hydrogen-bond acceptors (Lipinski definition) is 3. The van der Waals surface area contributed by atoms with Crippen molar-refractivity contribution in [3.63, 3.8) is 0 Å². The van der Waals surface area contributed by atoms with E-state index in [0.717, 1.165) is 25.2 Å². The van der Waals surface area contributed by atoms with Crippen LogP contribution in [0.25, 0.3) is 0 Å². The van der Waals surface area contributed by atoms with Crippen molar-refractivity contribution in [3.8, 4) is 0 Å². The number of aromatic nitrogens is 3. The van der Waals surface area contributed by atoms with Crippen molar-refractivity contribution in [2.24, 2.45) is 0 Å². The Bertz CT molecular complexity index is 270. The lowest BCUT2D eigenvalue weighted by Gasteiger charge is -2.17. The second kappa shape index (κ2) is 2.37. The van der Waals surface area contributed by atoms with Crippen molar-refractivity contribution in [1.82, 2.24) is 14.8 Å². The van der Waals surface area contributed by atoms with Crippen molar-refractivity contribution < 1.29 is 0 Å². The van der Waals surface area contributed by atoms with Crippen LogP contribution in [-0.4, -0.2) is 20.1 Å². The average Bonchev–Trinajstić information content (AvgIpc) is 2.32. The molecule has 0 aliphatic carbocycles. The quantitative estimate of drug-likeness (QED) is 0.577. The molecule has 2 rings (SSSR count). The molecule has 1 unspecified atom stereocenters. The summed E-state index contributed by atoms with van der Waals surface area (Å²) in [6.45, 7) is 0.850. The largest absolute Gasteiger partial charge is 0.368 e. The third kappa shape index (κ3) is 1.07. The molecule has 1 aromatic heterocycles. The summed E-state index contributed by atoms with van der Waals surface area (Å²) in [7, 11) is 0. The maximum atomic E-state index is 5.93. The lowest BCUT2D eigenvalue weighted by atomic mass is 10.1. The fourth-order valence-corrected chi connectivity index (χ4v) is 1.55. The molecule has 1 aliphatic rings. The SMILES string of the molecule is Nc1nnc2n1CCC(Cl)C2. The number of nitrogens with two attached hydrogens (primary N) is 1. The van der Waals surface area contributed by atoms with E-state index in [2.05, 4.69) is 10.2 Å². The highest BCUT2D eigenvalue weighted by atomic mass is 35.5. The summed E-state index contributed by atoms with van der Waals surface area (Å²) < 4.78 is 1.92. The summed E-state index contributed by atoms with van der Waals surface area (Å²) in [6.07, 6.45) is 1.74. The fourth-order valence-electron chi connectivity index (χ4n) is 1.31. The molecular formula is C6H9ClN4. The van der Waals surface area contributed by atoms with E-state index in [-0.39, 0.29) is 5.38 Å². The van der Waals surface area contributed by atoms with E-state index in [9.17, 15) is 0 Å². The Morgan fingerprint density at radius 2 is 2.36 bits per heavy atom. The monoisotopic (exact) mass is 172 g/mol. The Hall–Kier alpha value is -0.770. The molecule has 0 radical (unpaired) electrons. The summed E-state index contributed by atoms with van der Waals surface area (Å²) in [5.74, 6) is 1.41. The van der Waals surface area contributed by atoms with Gasteiger partial charge in [0.2, 0.25) is 5.95 Å². The molecule has 2 N–H and O–H groups in total. The Morgan fingerprint density at radius 1 is 1.55 bits per heavy atom. The summed E-state index contributed by atoms with van der Waals surface area (Å²) in [5, 5.41) is 7.88. The van der Waals surface area contributed by atoms with Gasteiger partial charge in [-0.15, -0.1) is 21.8 Å². The molecule has 1 atom stereocenters. The van der Waals surface area contributed by atoms with Crippen LogP contribution in [0.2, 0.25) is 0 Å². The fraction of sp³-hybridized carbons (Fsp3) is 0.667. The molecule has 11 heavy (non-hydrogen) atoms. The van der Waals surface area contributed by atoms with Crippen LogP contribution in [0, 0.1) is 0 Å². The smallest absolute Gasteiger partial charge is 0.221 e. The van der Waals surface area contributed by atoms with Crippen LogP contribution in [-0.2, 0) is 13.0 Å². The first-order valence-electron chi connectivity index (χ1n) is 3.59. The maximum absolute atomic E-state index is 5.93. The second-order valence-electron chi connectivity index (χ2n) is 2.72. The first-order valence-corrected chi connectivity index (χ1v) is 4.02. The van der Waals surface area contributed by atoms with Crippen LogP contribution >= 0.6 is 11.6 Å². The number of hydrogen-bond donors (Lipinski definition) is 1. The van der Waals surface area contributed by atoms with Gasteiger partial charge in [0.1, 0.15) is 5.82 Å². The Balaban J connectivity index is 2.36. The number of anilines is 1. The summed E-state index contributed by atoms with van der Waals surface area (Å²) in [5.41, 5.74) is 5.55. The average molecular weight is 173 g/mol. The Kier molecular flexibility index (Phi) is 1.49.